The lowest BCUT2D eigenvalue weighted by Gasteiger charge is -2.18. The van der Waals surface area contributed by atoms with E-state index in [2.05, 4.69) is 57.0 Å². The number of methoxy groups -OCH3 is 1. The maximum Gasteiger partial charge on any atom is 0.337 e. The lowest BCUT2D eigenvalue weighted by molar-refractivity contribution is 0.0601. The average Bonchev–Trinajstić information content (AvgIpc) is 3.83. The number of fused-ring (bicyclic) bond motifs is 2. The van der Waals surface area contributed by atoms with Gasteiger partial charge in [0.25, 0.3) is 0 Å². The normalized spacial score (nSPS) is 19.0. The minimum atomic E-state index is -0.354. The molecule has 0 N–H and O–H groups in total. The number of hydrogen-bond acceptors (Lipinski definition) is 6. The van der Waals surface area contributed by atoms with Gasteiger partial charge in [-0.25, -0.2) is 14.8 Å². The van der Waals surface area contributed by atoms with Gasteiger partial charge in [-0.1, -0.05) is 24.3 Å². The Balaban J connectivity index is 1.41. The molecule has 7 nitrogen and oxygen atoms in total. The predicted molar refractivity (Wildman–Crippen MR) is 163 cm³/mol. The predicted octanol–water partition coefficient (Wildman–Crippen LogP) is 7.49. The quantitative estimate of drug-likeness (QED) is 0.144. The van der Waals surface area contributed by atoms with Gasteiger partial charge < -0.3 is 18.6 Å². The molecule has 3 aromatic heterocycles. The van der Waals surface area contributed by atoms with Crippen LogP contribution in [-0.4, -0.2) is 44.9 Å². The van der Waals surface area contributed by atoms with Crippen LogP contribution < -0.4 is 0 Å². The Labute approximate surface area is 243 Å². The molecule has 1 aliphatic heterocycles. The molecule has 2 atom stereocenters. The van der Waals surface area contributed by atoms with Crippen molar-refractivity contribution in [3.05, 3.63) is 71.6 Å². The van der Waals surface area contributed by atoms with Gasteiger partial charge >= 0.3 is 5.97 Å². The number of carbonyl (C=O) groups excluding carboxylic acids is 1. The number of nitrogens with zero attached hydrogens (tertiary/aromatic N) is 4. The van der Waals surface area contributed by atoms with Crippen molar-refractivity contribution in [3.63, 3.8) is 0 Å². The molecule has 0 amide bonds. The smallest absolute Gasteiger partial charge is 0.337 e. The first-order valence-electron chi connectivity index (χ1n) is 14.6. The second-order valence-corrected chi connectivity index (χ2v) is 12.0. The number of allylic oxidation sites excluding steroid dienone is 2. The van der Waals surface area contributed by atoms with Crippen LogP contribution in [0, 0.1) is 5.92 Å². The molecule has 0 radical (unpaired) electrons. The Morgan fingerprint density at radius 3 is 2.76 bits per heavy atom. The van der Waals surface area contributed by atoms with Crippen LogP contribution in [0.1, 0.15) is 48.9 Å². The summed E-state index contributed by atoms with van der Waals surface area (Å²) < 4.78 is 15.8. The lowest BCUT2D eigenvalue weighted by Crippen LogP contribution is -2.16. The summed E-state index contributed by atoms with van der Waals surface area (Å²) in [5.41, 5.74) is 5.40. The number of aryl methyl sites for hydroxylation is 1. The zero-order valence-electron chi connectivity index (χ0n) is 23.3. The fraction of sp³-hybridized carbons (Fsp3) is 0.364. The molecule has 0 saturated carbocycles. The SMILES string of the molecule is COC(=O)c1ccc2c(c1)nc(-c1cccc3nc(-c4cccs4)n(CC4CCCO4)c13)n2CCC1C=CCCC1. The van der Waals surface area contributed by atoms with Gasteiger partial charge in [-0.15, -0.1) is 11.3 Å². The van der Waals surface area contributed by atoms with E-state index in [4.69, 9.17) is 19.4 Å². The Hall–Kier alpha value is -3.75. The van der Waals surface area contributed by atoms with E-state index in [0.29, 0.717) is 11.5 Å². The molecule has 2 unspecified atom stereocenters. The van der Waals surface area contributed by atoms with Crippen LogP contribution in [0.15, 0.2) is 66.1 Å². The van der Waals surface area contributed by atoms with E-state index in [0.717, 1.165) is 83.1 Å². The third-order valence-electron chi connectivity index (χ3n) is 8.41. The van der Waals surface area contributed by atoms with Gasteiger partial charge in [0.1, 0.15) is 5.82 Å². The first kappa shape index (κ1) is 26.2. The van der Waals surface area contributed by atoms with Crippen molar-refractivity contribution in [1.82, 2.24) is 19.1 Å². The summed E-state index contributed by atoms with van der Waals surface area (Å²) >= 11 is 1.71. The number of esters is 1. The summed E-state index contributed by atoms with van der Waals surface area (Å²) in [5, 5.41) is 2.10. The largest absolute Gasteiger partial charge is 0.465 e. The molecule has 0 spiro atoms. The molecule has 1 fully saturated rings. The number of aromatic nitrogens is 4. The fourth-order valence-corrected chi connectivity index (χ4v) is 7.08. The van der Waals surface area contributed by atoms with E-state index in [-0.39, 0.29) is 12.1 Å². The summed E-state index contributed by atoms with van der Waals surface area (Å²) in [6.07, 6.45) is 11.7. The van der Waals surface area contributed by atoms with Crippen molar-refractivity contribution in [1.29, 1.82) is 0 Å². The number of carbonyl (C=O) groups is 1. The van der Waals surface area contributed by atoms with Gasteiger partial charge in [-0.05, 0) is 86.2 Å². The Morgan fingerprint density at radius 1 is 1.05 bits per heavy atom. The molecule has 8 heteroatoms. The average molecular weight is 567 g/mol. The highest BCUT2D eigenvalue weighted by Gasteiger charge is 2.25. The van der Waals surface area contributed by atoms with Crippen LogP contribution >= 0.6 is 11.3 Å². The first-order chi connectivity index (χ1) is 20.2. The lowest BCUT2D eigenvalue weighted by atomic mass is 9.93. The third kappa shape index (κ3) is 5.00. The van der Waals surface area contributed by atoms with Gasteiger partial charge in [-0.2, -0.15) is 0 Å². The van der Waals surface area contributed by atoms with E-state index >= 15 is 0 Å². The molecule has 210 valence electrons. The van der Waals surface area contributed by atoms with Gasteiger partial charge in [0.15, 0.2) is 5.82 Å². The van der Waals surface area contributed by atoms with Crippen LogP contribution in [0.2, 0.25) is 0 Å². The van der Waals surface area contributed by atoms with Crippen LogP contribution in [0.3, 0.4) is 0 Å². The minimum Gasteiger partial charge on any atom is -0.465 e. The number of thiophene rings is 1. The number of rotatable bonds is 8. The maximum absolute atomic E-state index is 12.4. The van der Waals surface area contributed by atoms with Crippen molar-refractivity contribution in [2.75, 3.05) is 13.7 Å². The van der Waals surface area contributed by atoms with Gasteiger partial charge in [0.05, 0.1) is 52.3 Å². The summed E-state index contributed by atoms with van der Waals surface area (Å²) in [6, 6.07) is 16.2. The highest BCUT2D eigenvalue weighted by molar-refractivity contribution is 7.13. The molecule has 1 saturated heterocycles. The number of hydrogen-bond donors (Lipinski definition) is 0. The molecular formula is C33H34N4O3S. The number of ether oxygens (including phenoxy) is 2. The summed E-state index contributed by atoms with van der Waals surface area (Å²) in [7, 11) is 1.41. The Kier molecular flexibility index (Phi) is 7.19. The standard InChI is InChI=1S/C33H34N4O3S/c1-39-33(38)23-14-15-28-27(20-23)35-31(36(28)17-16-22-8-3-2-4-9-22)25-11-5-12-26-30(25)37(21-24-10-6-18-40-24)32(34-26)29-13-7-19-41-29/h3,5,7-8,11-15,19-20,22,24H,2,4,6,9-10,16-18,21H2,1H3. The second kappa shape index (κ2) is 11.3. The fourth-order valence-electron chi connectivity index (χ4n) is 6.35. The first-order valence-corrected chi connectivity index (χ1v) is 15.5. The Bertz CT molecular complexity index is 1730. The van der Waals surface area contributed by atoms with Gasteiger partial charge in [-0.3, -0.25) is 0 Å². The number of imidazole rings is 2. The molecule has 1 aliphatic carbocycles. The zero-order valence-corrected chi connectivity index (χ0v) is 24.1. The highest BCUT2D eigenvalue weighted by atomic mass is 32.1. The van der Waals surface area contributed by atoms with Crippen LogP contribution in [0.4, 0.5) is 0 Å². The van der Waals surface area contributed by atoms with Crippen molar-refractivity contribution in [3.8, 4) is 22.1 Å². The number of para-hydroxylation sites is 1. The summed E-state index contributed by atoms with van der Waals surface area (Å²) in [5.74, 6) is 2.09. The minimum absolute atomic E-state index is 0.165. The van der Waals surface area contributed by atoms with E-state index in [1.807, 2.05) is 18.2 Å². The van der Waals surface area contributed by atoms with Crippen molar-refractivity contribution in [2.24, 2.45) is 5.92 Å². The van der Waals surface area contributed by atoms with Crippen LogP contribution in [-0.2, 0) is 22.6 Å². The molecule has 41 heavy (non-hydrogen) atoms. The van der Waals surface area contributed by atoms with Crippen molar-refractivity contribution >= 4 is 39.4 Å². The van der Waals surface area contributed by atoms with Crippen molar-refractivity contribution < 1.29 is 14.3 Å². The highest BCUT2D eigenvalue weighted by Crippen LogP contribution is 2.37. The second-order valence-electron chi connectivity index (χ2n) is 11.0. The van der Waals surface area contributed by atoms with Crippen molar-refractivity contribution in [2.45, 2.75) is 57.7 Å². The van der Waals surface area contributed by atoms with Gasteiger partial charge in [0.2, 0.25) is 0 Å². The van der Waals surface area contributed by atoms with E-state index < -0.39 is 0 Å². The Morgan fingerprint density at radius 2 is 1.98 bits per heavy atom. The zero-order chi connectivity index (χ0) is 27.8. The molecule has 4 heterocycles. The molecular weight excluding hydrogens is 532 g/mol. The van der Waals surface area contributed by atoms with Crippen LogP contribution in [0.25, 0.3) is 44.2 Å². The molecule has 2 aromatic carbocycles. The monoisotopic (exact) mass is 566 g/mol. The molecule has 0 bridgehead atoms. The van der Waals surface area contributed by atoms with E-state index in [1.165, 1.54) is 26.4 Å². The van der Waals surface area contributed by atoms with E-state index in [1.54, 1.807) is 11.3 Å². The van der Waals surface area contributed by atoms with Gasteiger partial charge in [0, 0.05) is 18.7 Å². The number of benzene rings is 2. The molecule has 7 rings (SSSR count). The van der Waals surface area contributed by atoms with E-state index in [9.17, 15) is 4.79 Å². The summed E-state index contributed by atoms with van der Waals surface area (Å²) in [4.78, 5) is 23.8. The van der Waals surface area contributed by atoms with Crippen LogP contribution in [0.5, 0.6) is 0 Å². The topological polar surface area (TPSA) is 71.2 Å². The summed E-state index contributed by atoms with van der Waals surface area (Å²) in [6.45, 7) is 2.40. The molecule has 5 aromatic rings. The maximum atomic E-state index is 12.4. The molecule has 2 aliphatic rings. The third-order valence-corrected chi connectivity index (χ3v) is 9.27.